The Morgan fingerprint density at radius 2 is 1.70 bits per heavy atom. The van der Waals surface area contributed by atoms with Gasteiger partial charge in [-0.15, -0.1) is 0 Å². The Balaban J connectivity index is 1.54. The minimum Gasteiger partial charge on any atom is -0.460 e. The standard InChI is InChI=1S/C33H44N4O7/c1-6-43-32(41)37-16-14-36(15-17-37)31(40)26(12-13-29(38)44-33(2,3)4)35-30(39)28-20-23(25-18-24(25)21-42-5)19-27(34-28)22-10-8-7-9-11-22/h7-11,19-20,24-26H,6,12-18,21H2,1-5H3,(H,35,39). The highest BCUT2D eigenvalue weighted by molar-refractivity contribution is 5.97. The van der Waals surface area contributed by atoms with Crippen LogP contribution < -0.4 is 5.32 Å². The molecule has 3 unspecified atom stereocenters. The Morgan fingerprint density at radius 3 is 2.34 bits per heavy atom. The van der Waals surface area contributed by atoms with Gasteiger partial charge in [-0.05, 0) is 70.1 Å². The van der Waals surface area contributed by atoms with Crippen LogP contribution in [0.4, 0.5) is 4.79 Å². The molecule has 4 rings (SSSR count). The fourth-order valence-corrected chi connectivity index (χ4v) is 5.38. The number of benzene rings is 1. The lowest BCUT2D eigenvalue weighted by Crippen LogP contribution is -2.56. The number of carbonyl (C=O) groups is 4. The van der Waals surface area contributed by atoms with E-state index in [2.05, 4.69) is 10.3 Å². The Bertz CT molecular complexity index is 1320. The van der Waals surface area contributed by atoms with Gasteiger partial charge in [-0.1, -0.05) is 30.3 Å². The second kappa shape index (κ2) is 14.7. The number of nitrogens with zero attached hydrogens (tertiary/aromatic N) is 3. The second-order valence-corrected chi connectivity index (χ2v) is 12.3. The first-order chi connectivity index (χ1) is 21.0. The number of methoxy groups -OCH3 is 1. The molecule has 1 aromatic carbocycles. The monoisotopic (exact) mass is 608 g/mol. The summed E-state index contributed by atoms with van der Waals surface area (Å²) < 4.78 is 15.9. The summed E-state index contributed by atoms with van der Waals surface area (Å²) in [6.45, 7) is 9.17. The van der Waals surface area contributed by atoms with Gasteiger partial charge in [0, 0.05) is 51.9 Å². The number of rotatable bonds is 11. The number of piperazine rings is 1. The Labute approximate surface area is 259 Å². The van der Waals surface area contributed by atoms with Gasteiger partial charge >= 0.3 is 12.1 Å². The summed E-state index contributed by atoms with van der Waals surface area (Å²) in [5.41, 5.74) is 2.07. The minimum absolute atomic E-state index is 0.0553. The lowest BCUT2D eigenvalue weighted by molar-refractivity contribution is -0.155. The van der Waals surface area contributed by atoms with E-state index in [1.807, 2.05) is 36.4 Å². The van der Waals surface area contributed by atoms with Crippen LogP contribution in [0.3, 0.4) is 0 Å². The lowest BCUT2D eigenvalue weighted by atomic mass is 10.0. The van der Waals surface area contributed by atoms with Crippen LogP contribution in [-0.4, -0.2) is 96.8 Å². The quantitative estimate of drug-likeness (QED) is 0.379. The van der Waals surface area contributed by atoms with Crippen molar-refractivity contribution in [3.8, 4) is 11.3 Å². The molecule has 1 aromatic heterocycles. The van der Waals surface area contributed by atoms with Crippen LogP contribution in [0.5, 0.6) is 0 Å². The average Bonchev–Trinajstić information content (AvgIpc) is 3.78. The van der Waals surface area contributed by atoms with Crippen LogP contribution in [0, 0.1) is 5.92 Å². The van der Waals surface area contributed by atoms with Crippen molar-refractivity contribution in [1.29, 1.82) is 0 Å². The summed E-state index contributed by atoms with van der Waals surface area (Å²) >= 11 is 0. The molecule has 0 bridgehead atoms. The molecule has 2 fully saturated rings. The van der Waals surface area contributed by atoms with Crippen molar-refractivity contribution in [3.63, 3.8) is 0 Å². The lowest BCUT2D eigenvalue weighted by Gasteiger charge is -2.36. The topological polar surface area (TPSA) is 127 Å². The third-order valence-corrected chi connectivity index (χ3v) is 7.66. The zero-order chi connectivity index (χ0) is 31.9. The first-order valence-corrected chi connectivity index (χ1v) is 15.3. The highest BCUT2D eigenvalue weighted by Crippen LogP contribution is 2.48. The van der Waals surface area contributed by atoms with Crippen molar-refractivity contribution in [2.24, 2.45) is 5.92 Å². The van der Waals surface area contributed by atoms with E-state index in [-0.39, 0.29) is 50.1 Å². The number of carbonyl (C=O) groups excluding carboxylic acids is 4. The summed E-state index contributed by atoms with van der Waals surface area (Å²) in [7, 11) is 1.68. The van der Waals surface area contributed by atoms with Gasteiger partial charge in [0.1, 0.15) is 17.3 Å². The molecular weight excluding hydrogens is 564 g/mol. The van der Waals surface area contributed by atoms with Crippen LogP contribution in [0.2, 0.25) is 0 Å². The maximum atomic E-state index is 13.8. The third kappa shape index (κ3) is 9.01. The Morgan fingerprint density at radius 1 is 1.02 bits per heavy atom. The van der Waals surface area contributed by atoms with E-state index in [1.54, 1.807) is 50.7 Å². The third-order valence-electron chi connectivity index (χ3n) is 7.66. The minimum atomic E-state index is -0.989. The van der Waals surface area contributed by atoms with E-state index in [1.165, 1.54) is 0 Å². The molecule has 1 aliphatic carbocycles. The zero-order valence-electron chi connectivity index (χ0n) is 26.3. The van der Waals surface area contributed by atoms with Crippen LogP contribution in [-0.2, 0) is 23.8 Å². The molecule has 11 nitrogen and oxygen atoms in total. The van der Waals surface area contributed by atoms with E-state index in [0.29, 0.717) is 31.3 Å². The van der Waals surface area contributed by atoms with Crippen molar-refractivity contribution in [2.45, 2.75) is 64.5 Å². The van der Waals surface area contributed by atoms with Gasteiger partial charge in [-0.25, -0.2) is 9.78 Å². The first kappa shape index (κ1) is 32.9. The maximum absolute atomic E-state index is 13.8. The number of nitrogens with one attached hydrogen (secondary N) is 1. The molecule has 1 saturated heterocycles. The van der Waals surface area contributed by atoms with Crippen molar-refractivity contribution >= 4 is 23.9 Å². The molecule has 0 radical (unpaired) electrons. The van der Waals surface area contributed by atoms with Crippen LogP contribution in [0.1, 0.15) is 68.9 Å². The molecule has 1 aliphatic heterocycles. The normalized spacial score (nSPS) is 18.8. The van der Waals surface area contributed by atoms with Gasteiger partial charge in [0.2, 0.25) is 5.91 Å². The van der Waals surface area contributed by atoms with Crippen molar-refractivity contribution < 1.29 is 33.4 Å². The highest BCUT2D eigenvalue weighted by atomic mass is 16.6. The number of amides is 3. The fourth-order valence-electron chi connectivity index (χ4n) is 5.38. The van der Waals surface area contributed by atoms with Gasteiger partial charge in [0.15, 0.2) is 0 Å². The van der Waals surface area contributed by atoms with E-state index in [4.69, 9.17) is 14.2 Å². The summed E-state index contributed by atoms with van der Waals surface area (Å²) in [6, 6.07) is 12.5. The number of ether oxygens (including phenoxy) is 3. The number of pyridine rings is 1. The van der Waals surface area contributed by atoms with E-state index < -0.39 is 29.6 Å². The smallest absolute Gasteiger partial charge is 0.409 e. The van der Waals surface area contributed by atoms with E-state index in [0.717, 1.165) is 17.5 Å². The molecule has 3 amide bonds. The zero-order valence-corrected chi connectivity index (χ0v) is 26.3. The Hall–Kier alpha value is -3.99. The molecule has 44 heavy (non-hydrogen) atoms. The predicted molar refractivity (Wildman–Crippen MR) is 164 cm³/mol. The van der Waals surface area contributed by atoms with Crippen molar-refractivity contribution in [3.05, 3.63) is 53.7 Å². The fraction of sp³-hybridized carbons (Fsp3) is 0.545. The summed E-state index contributed by atoms with van der Waals surface area (Å²) in [5.74, 6) is -0.653. The summed E-state index contributed by atoms with van der Waals surface area (Å²) in [5, 5.41) is 2.87. The van der Waals surface area contributed by atoms with Crippen molar-refractivity contribution in [2.75, 3.05) is 46.5 Å². The van der Waals surface area contributed by atoms with Gasteiger partial charge in [0.05, 0.1) is 12.3 Å². The predicted octanol–water partition coefficient (Wildman–Crippen LogP) is 4.02. The van der Waals surface area contributed by atoms with E-state index in [9.17, 15) is 19.2 Å². The molecule has 238 valence electrons. The number of hydrogen-bond acceptors (Lipinski definition) is 8. The molecule has 1 saturated carbocycles. The average molecular weight is 609 g/mol. The van der Waals surface area contributed by atoms with Gasteiger partial charge < -0.3 is 29.3 Å². The summed E-state index contributed by atoms with van der Waals surface area (Å²) in [6.07, 6.45) is 0.543. The SMILES string of the molecule is CCOC(=O)N1CCN(C(=O)C(CCC(=O)OC(C)(C)C)NC(=O)c2cc(C3CC3COC)cc(-c3ccccc3)n2)CC1. The van der Waals surface area contributed by atoms with Gasteiger partial charge in [-0.2, -0.15) is 0 Å². The van der Waals surface area contributed by atoms with Gasteiger partial charge in [0.25, 0.3) is 5.91 Å². The van der Waals surface area contributed by atoms with E-state index >= 15 is 0 Å². The molecule has 0 spiro atoms. The highest BCUT2D eigenvalue weighted by Gasteiger charge is 2.39. The van der Waals surface area contributed by atoms with Crippen molar-refractivity contribution in [1.82, 2.24) is 20.1 Å². The molecule has 2 heterocycles. The molecule has 2 aliphatic rings. The summed E-state index contributed by atoms with van der Waals surface area (Å²) in [4.78, 5) is 60.1. The maximum Gasteiger partial charge on any atom is 0.409 e. The molecular formula is C33H44N4O7. The molecule has 11 heteroatoms. The first-order valence-electron chi connectivity index (χ1n) is 15.3. The van der Waals surface area contributed by atoms with Gasteiger partial charge in [-0.3, -0.25) is 14.4 Å². The second-order valence-electron chi connectivity index (χ2n) is 12.3. The number of hydrogen-bond donors (Lipinski definition) is 1. The molecule has 2 aromatic rings. The van der Waals surface area contributed by atoms with Crippen LogP contribution >= 0.6 is 0 Å². The largest absolute Gasteiger partial charge is 0.460 e. The Kier molecular flexibility index (Phi) is 11.0. The van der Waals surface area contributed by atoms with Crippen LogP contribution in [0.15, 0.2) is 42.5 Å². The van der Waals surface area contributed by atoms with Crippen LogP contribution in [0.25, 0.3) is 11.3 Å². The number of aromatic nitrogens is 1. The molecule has 1 N–H and O–H groups in total. The molecule has 3 atom stereocenters. The number of esters is 1.